The number of hydrogen-bond acceptors (Lipinski definition) is 3. The van der Waals surface area contributed by atoms with E-state index in [1.807, 2.05) is 0 Å². The van der Waals surface area contributed by atoms with Gasteiger partial charge in [-0.05, 0) is 24.3 Å². The van der Waals surface area contributed by atoms with E-state index < -0.39 is 5.97 Å². The summed E-state index contributed by atoms with van der Waals surface area (Å²) in [6, 6.07) is 5.97. The van der Waals surface area contributed by atoms with Gasteiger partial charge < -0.3 is 5.11 Å². The van der Waals surface area contributed by atoms with Gasteiger partial charge in [0, 0.05) is 0 Å². The number of benzene rings is 1. The molecule has 0 radical (unpaired) electrons. The number of hydroxylamine groups is 1. The molecule has 78 valence electrons. The monoisotopic (exact) mass is 207 g/mol. The molecule has 15 heavy (non-hydrogen) atoms. The topological polar surface area (TPSA) is 66.8 Å². The maximum absolute atomic E-state index is 11.3. The van der Waals surface area contributed by atoms with Crippen molar-refractivity contribution in [2.75, 3.05) is 11.7 Å². The van der Waals surface area contributed by atoms with Gasteiger partial charge in [0.1, 0.15) is 0 Å². The van der Waals surface area contributed by atoms with E-state index in [2.05, 4.69) is 0 Å². The van der Waals surface area contributed by atoms with Crippen molar-refractivity contribution in [2.24, 2.45) is 0 Å². The quantitative estimate of drug-likeness (QED) is 0.787. The first-order valence-corrected chi connectivity index (χ1v) is 4.48. The van der Waals surface area contributed by atoms with E-state index in [1.54, 1.807) is 12.1 Å². The Hall–Kier alpha value is -1.88. The molecule has 1 heterocycles. The summed E-state index contributed by atoms with van der Waals surface area (Å²) < 4.78 is 0. The normalized spacial score (nSPS) is 15.7. The van der Waals surface area contributed by atoms with Crippen LogP contribution in [0.1, 0.15) is 16.8 Å². The first-order chi connectivity index (χ1) is 7.18. The van der Waals surface area contributed by atoms with Crippen molar-refractivity contribution in [3.05, 3.63) is 29.8 Å². The van der Waals surface area contributed by atoms with Gasteiger partial charge in [0.2, 0.25) is 0 Å². The van der Waals surface area contributed by atoms with Gasteiger partial charge >= 0.3 is 5.97 Å². The minimum atomic E-state index is -0.991. The van der Waals surface area contributed by atoms with E-state index in [4.69, 9.17) is 9.94 Å². The van der Waals surface area contributed by atoms with E-state index in [0.29, 0.717) is 18.7 Å². The molecule has 0 atom stereocenters. The zero-order valence-electron chi connectivity index (χ0n) is 7.84. The fourth-order valence-electron chi connectivity index (χ4n) is 1.36. The highest BCUT2D eigenvalue weighted by Gasteiger charge is 2.23. The molecule has 0 aromatic heterocycles. The summed E-state index contributed by atoms with van der Waals surface area (Å²) in [5.41, 5.74) is 0.743. The van der Waals surface area contributed by atoms with Crippen LogP contribution in [0.4, 0.5) is 5.69 Å². The molecule has 5 nitrogen and oxygen atoms in total. The minimum Gasteiger partial charge on any atom is -0.478 e. The predicted octanol–water partition coefficient (Wildman–Crippen LogP) is 1.05. The number of carboxylic acids is 1. The van der Waals surface area contributed by atoms with Crippen LogP contribution in [0.3, 0.4) is 0 Å². The maximum Gasteiger partial charge on any atom is 0.335 e. The Morgan fingerprint density at radius 1 is 1.33 bits per heavy atom. The smallest absolute Gasteiger partial charge is 0.335 e. The van der Waals surface area contributed by atoms with E-state index in [-0.39, 0.29) is 11.5 Å². The molecule has 1 amide bonds. The standard InChI is InChI=1S/C10H9NO4/c12-9-5-6-15-11(9)8-3-1-7(2-4-8)10(13)14/h1-4H,5-6H2,(H,13,14). The van der Waals surface area contributed by atoms with E-state index in [1.165, 1.54) is 17.2 Å². The molecule has 1 N–H and O–H groups in total. The molecular formula is C10H9NO4. The molecule has 1 aliphatic heterocycles. The summed E-state index contributed by atoms with van der Waals surface area (Å²) in [5, 5.41) is 9.87. The van der Waals surface area contributed by atoms with Gasteiger partial charge in [-0.1, -0.05) is 0 Å². The van der Waals surface area contributed by atoms with Crippen LogP contribution in [-0.2, 0) is 9.63 Å². The van der Waals surface area contributed by atoms with E-state index in [9.17, 15) is 9.59 Å². The second-order valence-corrected chi connectivity index (χ2v) is 3.12. The Balaban J connectivity index is 2.23. The number of carbonyl (C=O) groups is 2. The number of nitrogens with zero attached hydrogens (tertiary/aromatic N) is 1. The van der Waals surface area contributed by atoms with Crippen molar-refractivity contribution in [2.45, 2.75) is 6.42 Å². The Kier molecular flexibility index (Phi) is 2.39. The number of hydrogen-bond donors (Lipinski definition) is 1. The lowest BCUT2D eigenvalue weighted by atomic mass is 10.2. The van der Waals surface area contributed by atoms with Crippen LogP contribution in [-0.4, -0.2) is 23.6 Å². The molecule has 1 aliphatic rings. The zero-order valence-corrected chi connectivity index (χ0v) is 7.84. The highest BCUT2D eigenvalue weighted by molar-refractivity contribution is 5.94. The zero-order chi connectivity index (χ0) is 10.8. The van der Waals surface area contributed by atoms with Gasteiger partial charge in [-0.15, -0.1) is 0 Å². The summed E-state index contributed by atoms with van der Waals surface area (Å²) in [7, 11) is 0. The van der Waals surface area contributed by atoms with Crippen LogP contribution in [0.25, 0.3) is 0 Å². The summed E-state index contributed by atoms with van der Waals surface area (Å²) in [6.07, 6.45) is 0.362. The molecular weight excluding hydrogens is 198 g/mol. The third kappa shape index (κ3) is 1.82. The number of carbonyl (C=O) groups excluding carboxylic acids is 1. The molecule has 0 unspecified atom stereocenters. The molecule has 0 spiro atoms. The van der Waals surface area contributed by atoms with Crippen LogP contribution in [0.2, 0.25) is 0 Å². The second-order valence-electron chi connectivity index (χ2n) is 3.12. The van der Waals surface area contributed by atoms with Crippen molar-refractivity contribution in [3.63, 3.8) is 0 Å². The van der Waals surface area contributed by atoms with Gasteiger partial charge in [0.15, 0.2) is 0 Å². The molecule has 1 saturated heterocycles. The van der Waals surface area contributed by atoms with Crippen molar-refractivity contribution in [1.29, 1.82) is 0 Å². The van der Waals surface area contributed by atoms with Gasteiger partial charge in [-0.2, -0.15) is 5.06 Å². The lowest BCUT2D eigenvalue weighted by molar-refractivity contribution is -0.119. The first kappa shape index (κ1) is 9.67. The van der Waals surface area contributed by atoms with Gasteiger partial charge in [-0.25, -0.2) is 4.79 Å². The number of anilines is 1. The third-order valence-corrected chi connectivity index (χ3v) is 2.11. The van der Waals surface area contributed by atoms with E-state index >= 15 is 0 Å². The highest BCUT2D eigenvalue weighted by Crippen LogP contribution is 2.20. The van der Waals surface area contributed by atoms with Crippen molar-refractivity contribution >= 4 is 17.6 Å². The van der Waals surface area contributed by atoms with E-state index in [0.717, 1.165) is 0 Å². The molecule has 5 heteroatoms. The van der Waals surface area contributed by atoms with Crippen molar-refractivity contribution in [1.82, 2.24) is 0 Å². The highest BCUT2D eigenvalue weighted by atomic mass is 16.7. The van der Waals surface area contributed by atoms with Crippen molar-refractivity contribution < 1.29 is 19.5 Å². The second kappa shape index (κ2) is 3.70. The van der Waals surface area contributed by atoms with Gasteiger partial charge in [0.25, 0.3) is 5.91 Å². The summed E-state index contributed by atoms with van der Waals surface area (Å²) >= 11 is 0. The summed E-state index contributed by atoms with van der Waals surface area (Å²) in [4.78, 5) is 27.0. The Labute approximate surface area is 85.8 Å². The largest absolute Gasteiger partial charge is 0.478 e. The van der Waals surface area contributed by atoms with Crippen LogP contribution in [0, 0.1) is 0 Å². The SMILES string of the molecule is O=C(O)c1ccc(N2OCCC2=O)cc1. The Morgan fingerprint density at radius 3 is 2.47 bits per heavy atom. The molecule has 0 aliphatic carbocycles. The summed E-state index contributed by atoms with van der Waals surface area (Å²) in [6.45, 7) is 0.375. The molecule has 1 aromatic rings. The lowest BCUT2D eigenvalue weighted by Gasteiger charge is -2.13. The fourth-order valence-corrected chi connectivity index (χ4v) is 1.36. The number of rotatable bonds is 2. The molecule has 1 aromatic carbocycles. The number of carboxylic acid groups (broad SMARTS) is 1. The van der Waals surface area contributed by atoms with Gasteiger partial charge in [-0.3, -0.25) is 9.63 Å². The van der Waals surface area contributed by atoms with Crippen LogP contribution >= 0.6 is 0 Å². The van der Waals surface area contributed by atoms with Crippen LogP contribution < -0.4 is 5.06 Å². The average Bonchev–Trinajstić information content (AvgIpc) is 2.65. The minimum absolute atomic E-state index is 0.113. The Bertz CT molecular complexity index is 398. The first-order valence-electron chi connectivity index (χ1n) is 4.48. The lowest BCUT2D eigenvalue weighted by Crippen LogP contribution is -2.22. The number of amides is 1. The summed E-state index contributed by atoms with van der Waals surface area (Å²) in [5.74, 6) is -1.10. The number of aromatic carboxylic acids is 1. The molecule has 1 fully saturated rings. The molecule has 0 bridgehead atoms. The maximum atomic E-state index is 11.3. The van der Waals surface area contributed by atoms with Crippen LogP contribution in [0.15, 0.2) is 24.3 Å². The average molecular weight is 207 g/mol. The third-order valence-electron chi connectivity index (χ3n) is 2.11. The van der Waals surface area contributed by atoms with Crippen molar-refractivity contribution in [3.8, 4) is 0 Å². The fraction of sp³-hybridized carbons (Fsp3) is 0.200. The predicted molar refractivity (Wildman–Crippen MR) is 51.5 cm³/mol. The molecule has 0 saturated carbocycles. The Morgan fingerprint density at radius 2 is 2.00 bits per heavy atom. The van der Waals surface area contributed by atoms with Gasteiger partial charge in [0.05, 0.1) is 24.3 Å². The molecule has 2 rings (SSSR count). The van der Waals surface area contributed by atoms with Crippen LogP contribution in [0.5, 0.6) is 0 Å².